The van der Waals surface area contributed by atoms with Crippen LogP contribution in [0.25, 0.3) is 0 Å². The predicted octanol–water partition coefficient (Wildman–Crippen LogP) is 3.82. The molecule has 0 bridgehead atoms. The van der Waals surface area contributed by atoms with E-state index in [-0.39, 0.29) is 26.1 Å². The van der Waals surface area contributed by atoms with Crippen molar-refractivity contribution in [2.45, 2.75) is 24.5 Å². The van der Waals surface area contributed by atoms with E-state index in [4.69, 9.17) is 5.73 Å². The number of amides is 2. The number of imidazole rings is 1. The second kappa shape index (κ2) is 14.3. The Balaban J connectivity index is 1.42. The third kappa shape index (κ3) is 7.34. The number of primary amides is 1. The first-order chi connectivity index (χ1) is 21.9. The van der Waals surface area contributed by atoms with Gasteiger partial charge in [-0.1, -0.05) is 121 Å². The van der Waals surface area contributed by atoms with Gasteiger partial charge in [0.2, 0.25) is 11.8 Å². The van der Waals surface area contributed by atoms with Gasteiger partial charge in [-0.25, -0.2) is 4.98 Å². The number of hydrogen-bond donors (Lipinski definition) is 3. The van der Waals surface area contributed by atoms with Crippen LogP contribution in [-0.2, 0) is 32.9 Å². The summed E-state index contributed by atoms with van der Waals surface area (Å²) in [6.07, 6.45) is 3.66. The topological polar surface area (TPSA) is 131 Å². The largest absolute Gasteiger partial charge is 0.480 e. The zero-order chi connectivity index (χ0) is 31.6. The van der Waals surface area contributed by atoms with E-state index in [1.165, 1.54) is 4.90 Å². The first-order valence-electron chi connectivity index (χ1n) is 14.6. The summed E-state index contributed by atoms with van der Waals surface area (Å²) in [6, 6.07) is 38.6. The van der Waals surface area contributed by atoms with Crippen molar-refractivity contribution in [1.82, 2.24) is 19.8 Å². The maximum atomic E-state index is 13.1. The molecule has 5 aromatic rings. The van der Waals surface area contributed by atoms with Crippen LogP contribution in [0.2, 0.25) is 0 Å². The van der Waals surface area contributed by atoms with Gasteiger partial charge in [-0.3, -0.25) is 19.3 Å². The van der Waals surface area contributed by atoms with Gasteiger partial charge in [0, 0.05) is 19.2 Å². The molecule has 0 saturated heterocycles. The Hall–Kier alpha value is -5.54. The SMILES string of the molecule is NC(=O)[C@@H](Cc1cn(C(c2ccccc2)(c2ccccc2)c2ccccc2)cn1)NC(=O)CN(CC(=O)O)Cc1ccccc1. The van der Waals surface area contributed by atoms with E-state index in [1.54, 1.807) is 6.33 Å². The van der Waals surface area contributed by atoms with Crippen LogP contribution < -0.4 is 11.1 Å². The summed E-state index contributed by atoms with van der Waals surface area (Å²) in [6.45, 7) is -0.306. The van der Waals surface area contributed by atoms with Crippen LogP contribution in [-0.4, -0.2) is 56.5 Å². The Morgan fingerprint density at radius 1 is 0.778 bits per heavy atom. The first kappa shape index (κ1) is 30.9. The van der Waals surface area contributed by atoms with Gasteiger partial charge < -0.3 is 20.7 Å². The van der Waals surface area contributed by atoms with Crippen LogP contribution in [0.5, 0.6) is 0 Å². The summed E-state index contributed by atoms with van der Waals surface area (Å²) in [5.74, 6) is -2.29. The molecule has 4 aromatic carbocycles. The Labute approximate surface area is 262 Å². The molecule has 0 unspecified atom stereocenters. The lowest BCUT2D eigenvalue weighted by atomic mass is 9.77. The van der Waals surface area contributed by atoms with E-state index in [0.717, 1.165) is 22.3 Å². The lowest BCUT2D eigenvalue weighted by Gasteiger charge is -2.37. The number of benzene rings is 4. The van der Waals surface area contributed by atoms with Crippen LogP contribution in [0.4, 0.5) is 0 Å². The Morgan fingerprint density at radius 3 is 1.73 bits per heavy atom. The molecule has 1 atom stereocenters. The van der Waals surface area contributed by atoms with Gasteiger partial charge in [0.25, 0.3) is 0 Å². The summed E-state index contributed by atoms with van der Waals surface area (Å²) in [4.78, 5) is 43.2. The number of nitrogens with two attached hydrogens (primary N) is 1. The molecule has 2 amide bonds. The fourth-order valence-electron chi connectivity index (χ4n) is 5.71. The van der Waals surface area contributed by atoms with Crippen LogP contribution in [0.3, 0.4) is 0 Å². The lowest BCUT2D eigenvalue weighted by molar-refractivity contribution is -0.139. The summed E-state index contributed by atoms with van der Waals surface area (Å²) < 4.78 is 2.02. The van der Waals surface area contributed by atoms with Gasteiger partial charge in [-0.2, -0.15) is 0 Å². The molecule has 0 aliphatic heterocycles. The molecule has 9 heteroatoms. The van der Waals surface area contributed by atoms with Crippen molar-refractivity contribution >= 4 is 17.8 Å². The standard InChI is InChI=1S/C36H35N5O4/c37-35(45)32(39-33(42)24-40(25-34(43)44)22-27-13-5-1-6-14-27)21-31-23-41(26-38-31)36(28-15-7-2-8-16-28,29-17-9-3-10-18-29)30-19-11-4-12-20-30/h1-20,23,26,32H,21-22,24-25H2,(H2,37,45)(H,39,42)(H,43,44)/t32-/m1/s1. The Bertz CT molecular complexity index is 1610. The van der Waals surface area contributed by atoms with Crippen LogP contribution >= 0.6 is 0 Å². The van der Waals surface area contributed by atoms with Gasteiger partial charge in [-0.05, 0) is 22.3 Å². The molecule has 9 nitrogen and oxygen atoms in total. The molecule has 1 aromatic heterocycles. The third-order valence-electron chi connectivity index (χ3n) is 7.67. The van der Waals surface area contributed by atoms with Gasteiger partial charge in [0.05, 0.1) is 25.1 Å². The van der Waals surface area contributed by atoms with Gasteiger partial charge in [-0.15, -0.1) is 0 Å². The molecule has 0 aliphatic rings. The van der Waals surface area contributed by atoms with Crippen molar-refractivity contribution < 1.29 is 19.5 Å². The minimum atomic E-state index is -1.06. The highest BCUT2D eigenvalue weighted by Crippen LogP contribution is 2.40. The lowest BCUT2D eigenvalue weighted by Crippen LogP contribution is -2.49. The van der Waals surface area contributed by atoms with E-state index < -0.39 is 29.4 Å². The normalized spacial score (nSPS) is 12.0. The third-order valence-corrected chi connectivity index (χ3v) is 7.67. The molecule has 0 radical (unpaired) electrons. The van der Waals surface area contributed by atoms with Crippen LogP contribution in [0, 0.1) is 0 Å². The maximum Gasteiger partial charge on any atom is 0.317 e. The monoisotopic (exact) mass is 601 g/mol. The molecule has 4 N–H and O–H groups in total. The number of carboxylic acids is 1. The van der Waals surface area contributed by atoms with Gasteiger partial charge in [0.15, 0.2) is 0 Å². The van der Waals surface area contributed by atoms with E-state index in [2.05, 4.69) is 46.7 Å². The van der Waals surface area contributed by atoms with Crippen molar-refractivity contribution in [3.8, 4) is 0 Å². The van der Waals surface area contributed by atoms with Crippen molar-refractivity contribution in [2.24, 2.45) is 5.73 Å². The zero-order valence-electron chi connectivity index (χ0n) is 24.7. The summed E-state index contributed by atoms with van der Waals surface area (Å²) >= 11 is 0. The molecule has 0 spiro atoms. The van der Waals surface area contributed by atoms with Crippen molar-refractivity contribution in [2.75, 3.05) is 13.1 Å². The number of aliphatic carboxylic acids is 1. The molecular formula is C36H35N5O4. The fraction of sp³-hybridized carbons (Fsp3) is 0.167. The number of carboxylic acid groups (broad SMARTS) is 1. The summed E-state index contributed by atoms with van der Waals surface area (Å²) in [7, 11) is 0. The Kier molecular flexibility index (Phi) is 9.81. The van der Waals surface area contributed by atoms with E-state index in [0.29, 0.717) is 5.69 Å². The second-order valence-electron chi connectivity index (χ2n) is 10.8. The highest BCUT2D eigenvalue weighted by atomic mass is 16.4. The molecule has 5 rings (SSSR count). The van der Waals surface area contributed by atoms with Gasteiger partial charge in [0.1, 0.15) is 11.6 Å². The molecule has 228 valence electrons. The quantitative estimate of drug-likeness (QED) is 0.166. The molecule has 1 heterocycles. The average Bonchev–Trinajstić information content (AvgIpc) is 3.51. The highest BCUT2D eigenvalue weighted by molar-refractivity contribution is 5.87. The highest BCUT2D eigenvalue weighted by Gasteiger charge is 2.38. The summed E-state index contributed by atoms with van der Waals surface area (Å²) in [5.41, 5.74) is 9.42. The number of carbonyl (C=O) groups excluding carboxylic acids is 2. The average molecular weight is 602 g/mol. The maximum absolute atomic E-state index is 13.1. The number of nitrogens with zero attached hydrogens (tertiary/aromatic N) is 3. The second-order valence-corrected chi connectivity index (χ2v) is 10.8. The molecule has 0 fully saturated rings. The molecule has 45 heavy (non-hydrogen) atoms. The number of carbonyl (C=O) groups is 3. The predicted molar refractivity (Wildman–Crippen MR) is 171 cm³/mol. The number of hydrogen-bond acceptors (Lipinski definition) is 5. The molecular weight excluding hydrogens is 566 g/mol. The fourth-order valence-corrected chi connectivity index (χ4v) is 5.71. The van der Waals surface area contributed by atoms with Crippen LogP contribution in [0.1, 0.15) is 27.9 Å². The van der Waals surface area contributed by atoms with E-state index >= 15 is 0 Å². The smallest absolute Gasteiger partial charge is 0.317 e. The summed E-state index contributed by atoms with van der Waals surface area (Å²) in [5, 5.41) is 12.1. The van der Waals surface area contributed by atoms with E-state index in [9.17, 15) is 19.5 Å². The minimum absolute atomic E-state index is 0.0557. The van der Waals surface area contributed by atoms with Gasteiger partial charge >= 0.3 is 5.97 Å². The van der Waals surface area contributed by atoms with Crippen molar-refractivity contribution in [3.05, 3.63) is 162 Å². The van der Waals surface area contributed by atoms with Crippen LogP contribution in [0.15, 0.2) is 134 Å². The number of nitrogens with one attached hydrogen (secondary N) is 1. The van der Waals surface area contributed by atoms with E-state index in [1.807, 2.05) is 95.7 Å². The number of rotatable bonds is 14. The molecule has 0 saturated carbocycles. The zero-order valence-corrected chi connectivity index (χ0v) is 24.7. The number of aromatic nitrogens is 2. The minimum Gasteiger partial charge on any atom is -0.480 e. The van der Waals surface area contributed by atoms with Crippen molar-refractivity contribution in [1.29, 1.82) is 0 Å². The van der Waals surface area contributed by atoms with Crippen molar-refractivity contribution in [3.63, 3.8) is 0 Å². The Morgan fingerprint density at radius 2 is 1.27 bits per heavy atom. The molecule has 0 aliphatic carbocycles. The first-order valence-corrected chi connectivity index (χ1v) is 14.6.